The first-order chi connectivity index (χ1) is 16.1. The molecule has 0 saturated carbocycles. The van der Waals surface area contributed by atoms with E-state index in [1.807, 2.05) is 54.6 Å². The van der Waals surface area contributed by atoms with Gasteiger partial charge >= 0.3 is 0 Å². The summed E-state index contributed by atoms with van der Waals surface area (Å²) >= 11 is 0. The zero-order valence-corrected chi connectivity index (χ0v) is 18.0. The van der Waals surface area contributed by atoms with Crippen LogP contribution in [-0.4, -0.2) is 21.7 Å². The van der Waals surface area contributed by atoms with Gasteiger partial charge in [0.2, 0.25) is 5.91 Å². The van der Waals surface area contributed by atoms with E-state index < -0.39 is 0 Å². The molecule has 0 saturated heterocycles. The van der Waals surface area contributed by atoms with Crippen molar-refractivity contribution in [2.75, 3.05) is 10.6 Å². The Balaban J connectivity index is 1.47. The van der Waals surface area contributed by atoms with E-state index in [0.717, 1.165) is 27.9 Å². The Bertz CT molecular complexity index is 1300. The number of allylic oxidation sites excluding steroid dienone is 1. The minimum absolute atomic E-state index is 0.194. The number of ketones is 1. The minimum Gasteiger partial charge on any atom is -0.489 e. The van der Waals surface area contributed by atoms with Crippen LogP contribution in [-0.2, 0) is 16.2 Å². The smallest absolute Gasteiger partial charge is 0.248 e. The van der Waals surface area contributed by atoms with Crippen LogP contribution in [0.5, 0.6) is 5.75 Å². The fourth-order valence-electron chi connectivity index (χ4n) is 3.12. The van der Waals surface area contributed by atoms with E-state index in [1.165, 1.54) is 25.4 Å². The molecule has 1 amide bonds. The first-order valence-corrected chi connectivity index (χ1v) is 10.3. The van der Waals surface area contributed by atoms with Crippen molar-refractivity contribution in [1.82, 2.24) is 9.97 Å². The quantitative estimate of drug-likeness (QED) is 0.375. The molecule has 1 heterocycles. The highest BCUT2D eigenvalue weighted by Gasteiger charge is 2.07. The number of anilines is 3. The Morgan fingerprint density at radius 1 is 0.909 bits per heavy atom. The summed E-state index contributed by atoms with van der Waals surface area (Å²) in [6.07, 6.45) is 3.91. The van der Waals surface area contributed by atoms with E-state index in [1.54, 1.807) is 18.2 Å². The third-order valence-electron chi connectivity index (χ3n) is 4.74. The van der Waals surface area contributed by atoms with Gasteiger partial charge < -0.3 is 15.4 Å². The Hall–Kier alpha value is -4.52. The Morgan fingerprint density at radius 2 is 1.67 bits per heavy atom. The Morgan fingerprint density at radius 3 is 2.42 bits per heavy atom. The molecular weight excluding hydrogens is 416 g/mol. The number of amides is 1. The standard InChI is InChI=1S/C26H22N4O3/c1-18(31)7-14-25(32)29-21-10-13-24-23(15-21)26(28-17-27-24)30-20-8-11-22(12-9-20)33-16-19-5-3-2-4-6-19/h2-15,17H,16H2,1H3,(H,29,32)(H,27,28,30)/b14-7+. The van der Waals surface area contributed by atoms with E-state index in [9.17, 15) is 9.59 Å². The molecule has 0 unspecified atom stereocenters. The number of aromatic nitrogens is 2. The lowest BCUT2D eigenvalue weighted by Crippen LogP contribution is -2.08. The second-order valence-corrected chi connectivity index (χ2v) is 7.31. The van der Waals surface area contributed by atoms with E-state index in [-0.39, 0.29) is 11.7 Å². The average Bonchev–Trinajstić information content (AvgIpc) is 2.83. The van der Waals surface area contributed by atoms with Gasteiger partial charge in [-0.05, 0) is 61.0 Å². The first kappa shape index (κ1) is 21.7. The highest BCUT2D eigenvalue weighted by Crippen LogP contribution is 2.27. The summed E-state index contributed by atoms with van der Waals surface area (Å²) in [7, 11) is 0. The molecular formula is C26H22N4O3. The fraction of sp³-hybridized carbons (Fsp3) is 0.0769. The van der Waals surface area contributed by atoms with E-state index in [2.05, 4.69) is 20.6 Å². The molecule has 0 aliphatic heterocycles. The topological polar surface area (TPSA) is 93.2 Å². The van der Waals surface area contributed by atoms with Gasteiger partial charge in [-0.2, -0.15) is 0 Å². The molecule has 4 rings (SSSR count). The average molecular weight is 438 g/mol. The highest BCUT2D eigenvalue weighted by molar-refractivity contribution is 6.04. The molecule has 0 aliphatic rings. The summed E-state index contributed by atoms with van der Waals surface area (Å²) in [6.45, 7) is 1.89. The molecule has 2 N–H and O–H groups in total. The summed E-state index contributed by atoms with van der Waals surface area (Å²) in [5.74, 6) is 0.788. The molecule has 0 radical (unpaired) electrons. The van der Waals surface area contributed by atoms with Gasteiger partial charge in [-0.3, -0.25) is 9.59 Å². The number of hydrogen-bond donors (Lipinski definition) is 2. The number of nitrogens with one attached hydrogen (secondary N) is 2. The summed E-state index contributed by atoms with van der Waals surface area (Å²) in [4.78, 5) is 31.7. The van der Waals surface area contributed by atoms with Crippen molar-refractivity contribution in [1.29, 1.82) is 0 Å². The number of carbonyl (C=O) groups is 2. The van der Waals surface area contributed by atoms with Gasteiger partial charge in [0, 0.05) is 22.8 Å². The summed E-state index contributed by atoms with van der Waals surface area (Å²) in [5, 5.41) is 6.77. The van der Waals surface area contributed by atoms with Gasteiger partial charge in [0.15, 0.2) is 5.78 Å². The maximum atomic E-state index is 12.0. The molecule has 0 bridgehead atoms. The highest BCUT2D eigenvalue weighted by atomic mass is 16.5. The lowest BCUT2D eigenvalue weighted by Gasteiger charge is -2.11. The number of nitrogens with zero attached hydrogens (tertiary/aromatic N) is 2. The van der Waals surface area contributed by atoms with E-state index in [4.69, 9.17) is 4.74 Å². The molecule has 3 aromatic carbocycles. The second-order valence-electron chi connectivity index (χ2n) is 7.31. The van der Waals surface area contributed by atoms with Crippen LogP contribution in [0, 0.1) is 0 Å². The monoisotopic (exact) mass is 438 g/mol. The number of carbonyl (C=O) groups excluding carboxylic acids is 2. The zero-order valence-electron chi connectivity index (χ0n) is 18.0. The SMILES string of the molecule is CC(=O)/C=C/C(=O)Nc1ccc2ncnc(Nc3ccc(OCc4ccccc4)cc3)c2c1. The predicted octanol–water partition coefficient (Wildman–Crippen LogP) is 5.04. The molecule has 7 nitrogen and oxygen atoms in total. The van der Waals surface area contributed by atoms with E-state index >= 15 is 0 Å². The van der Waals surface area contributed by atoms with Gasteiger partial charge in [0.05, 0.1) is 5.52 Å². The van der Waals surface area contributed by atoms with Crippen molar-refractivity contribution in [3.8, 4) is 5.75 Å². The van der Waals surface area contributed by atoms with Crippen molar-refractivity contribution in [3.63, 3.8) is 0 Å². The Kier molecular flexibility index (Phi) is 6.70. The number of benzene rings is 3. The van der Waals surface area contributed by atoms with Crippen LogP contribution >= 0.6 is 0 Å². The lowest BCUT2D eigenvalue weighted by molar-refractivity contribution is -0.114. The zero-order chi connectivity index (χ0) is 23.0. The van der Waals surface area contributed by atoms with Crippen LogP contribution < -0.4 is 15.4 Å². The molecule has 1 aromatic heterocycles. The Labute approximate surface area is 191 Å². The number of hydrogen-bond acceptors (Lipinski definition) is 6. The van der Waals surface area contributed by atoms with Crippen molar-refractivity contribution < 1.29 is 14.3 Å². The van der Waals surface area contributed by atoms with Gasteiger partial charge in [-0.25, -0.2) is 9.97 Å². The molecule has 0 atom stereocenters. The summed E-state index contributed by atoms with van der Waals surface area (Å²) in [6, 6.07) is 22.9. The molecule has 164 valence electrons. The second kappa shape index (κ2) is 10.2. The molecule has 7 heteroatoms. The van der Waals surface area contributed by atoms with Crippen molar-refractivity contribution in [3.05, 3.63) is 96.8 Å². The van der Waals surface area contributed by atoms with Crippen LogP contribution in [0.3, 0.4) is 0 Å². The number of ether oxygens (including phenoxy) is 1. The van der Waals surface area contributed by atoms with Crippen molar-refractivity contribution in [2.45, 2.75) is 13.5 Å². The molecule has 4 aromatic rings. The van der Waals surface area contributed by atoms with Crippen molar-refractivity contribution in [2.24, 2.45) is 0 Å². The molecule has 0 spiro atoms. The van der Waals surface area contributed by atoms with Crippen LogP contribution in [0.4, 0.5) is 17.2 Å². The molecule has 33 heavy (non-hydrogen) atoms. The predicted molar refractivity (Wildman–Crippen MR) is 128 cm³/mol. The van der Waals surface area contributed by atoms with Gasteiger partial charge in [-0.15, -0.1) is 0 Å². The van der Waals surface area contributed by atoms with Gasteiger partial charge in [0.1, 0.15) is 24.5 Å². The van der Waals surface area contributed by atoms with Gasteiger partial charge in [-0.1, -0.05) is 30.3 Å². The third-order valence-corrected chi connectivity index (χ3v) is 4.74. The normalized spacial score (nSPS) is 10.8. The lowest BCUT2D eigenvalue weighted by atomic mass is 10.2. The van der Waals surface area contributed by atoms with Crippen LogP contribution in [0.1, 0.15) is 12.5 Å². The summed E-state index contributed by atoms with van der Waals surface area (Å²) in [5.41, 5.74) is 3.24. The molecule has 0 aliphatic carbocycles. The largest absolute Gasteiger partial charge is 0.489 e. The summed E-state index contributed by atoms with van der Waals surface area (Å²) < 4.78 is 5.83. The van der Waals surface area contributed by atoms with E-state index in [0.29, 0.717) is 18.1 Å². The van der Waals surface area contributed by atoms with Crippen molar-refractivity contribution >= 4 is 39.8 Å². The first-order valence-electron chi connectivity index (χ1n) is 10.3. The molecule has 0 fully saturated rings. The number of fused-ring (bicyclic) bond motifs is 1. The van der Waals surface area contributed by atoms with Crippen LogP contribution in [0.15, 0.2) is 91.3 Å². The maximum absolute atomic E-state index is 12.0. The number of rotatable bonds is 8. The third kappa shape index (κ3) is 6.01. The van der Waals surface area contributed by atoms with Crippen LogP contribution in [0.2, 0.25) is 0 Å². The minimum atomic E-state index is -0.387. The van der Waals surface area contributed by atoms with Gasteiger partial charge in [0.25, 0.3) is 0 Å². The fourth-order valence-corrected chi connectivity index (χ4v) is 3.12. The maximum Gasteiger partial charge on any atom is 0.248 e. The van der Waals surface area contributed by atoms with Crippen LogP contribution in [0.25, 0.3) is 10.9 Å².